The van der Waals surface area contributed by atoms with Gasteiger partial charge in [-0.3, -0.25) is 14.0 Å². The van der Waals surface area contributed by atoms with Crippen molar-refractivity contribution in [3.63, 3.8) is 0 Å². The lowest BCUT2D eigenvalue weighted by Gasteiger charge is -2.11. The molecule has 0 amide bonds. The minimum absolute atomic E-state index is 0.126. The molecular weight excluding hydrogens is 432 g/mol. The van der Waals surface area contributed by atoms with Crippen LogP contribution in [0.5, 0.6) is 0 Å². The van der Waals surface area contributed by atoms with Gasteiger partial charge < -0.3 is 0 Å². The second kappa shape index (κ2) is 9.03. The molecule has 0 unspecified atom stereocenters. The zero-order valence-electron chi connectivity index (χ0n) is 18.1. The Balaban J connectivity index is 1.47. The summed E-state index contributed by atoms with van der Waals surface area (Å²) in [5.41, 5.74) is 3.25. The van der Waals surface area contributed by atoms with Crippen LogP contribution in [0.3, 0.4) is 0 Å². The van der Waals surface area contributed by atoms with Crippen LogP contribution in [0.15, 0.2) is 88.8 Å². The molecule has 2 heterocycles. The summed E-state index contributed by atoms with van der Waals surface area (Å²) in [6.07, 6.45) is 1.20. The fourth-order valence-corrected chi connectivity index (χ4v) is 4.74. The molecule has 5 rings (SSSR count). The van der Waals surface area contributed by atoms with Crippen LogP contribution >= 0.6 is 11.8 Å². The van der Waals surface area contributed by atoms with E-state index in [1.165, 1.54) is 0 Å². The van der Waals surface area contributed by atoms with Crippen LogP contribution in [-0.2, 0) is 0 Å². The predicted molar refractivity (Wildman–Crippen MR) is 132 cm³/mol. The van der Waals surface area contributed by atoms with Gasteiger partial charge in [-0.1, -0.05) is 71.9 Å². The Labute approximate surface area is 194 Å². The van der Waals surface area contributed by atoms with Gasteiger partial charge in [0.1, 0.15) is 0 Å². The number of hydrogen-bond acceptors (Lipinski definition) is 5. The summed E-state index contributed by atoms with van der Waals surface area (Å²) in [4.78, 5) is 25.7. The highest BCUT2D eigenvalue weighted by Crippen LogP contribution is 2.24. The molecule has 0 N–H and O–H groups in total. The van der Waals surface area contributed by atoms with E-state index in [-0.39, 0.29) is 11.3 Å². The molecule has 5 aromatic rings. The lowest BCUT2D eigenvalue weighted by Crippen LogP contribution is -2.21. The number of nitrogens with zero attached hydrogens (tertiary/aromatic N) is 4. The molecule has 0 aliphatic carbocycles. The average molecular weight is 455 g/mol. The van der Waals surface area contributed by atoms with Gasteiger partial charge in [0.15, 0.2) is 10.9 Å². The molecule has 33 heavy (non-hydrogen) atoms. The number of ketones is 1. The zero-order valence-corrected chi connectivity index (χ0v) is 19.0. The Morgan fingerprint density at radius 3 is 2.42 bits per heavy atom. The van der Waals surface area contributed by atoms with Crippen molar-refractivity contribution < 1.29 is 4.79 Å². The van der Waals surface area contributed by atoms with Crippen LogP contribution in [0.25, 0.3) is 22.4 Å². The number of aromatic nitrogens is 4. The van der Waals surface area contributed by atoms with Crippen LogP contribution in [-0.4, -0.2) is 30.7 Å². The van der Waals surface area contributed by atoms with E-state index in [0.29, 0.717) is 22.7 Å². The van der Waals surface area contributed by atoms with Gasteiger partial charge in [-0.2, -0.15) is 0 Å². The minimum atomic E-state index is -0.126. The first kappa shape index (κ1) is 21.2. The van der Waals surface area contributed by atoms with E-state index in [0.717, 1.165) is 34.5 Å². The third-order valence-electron chi connectivity index (χ3n) is 5.56. The third-order valence-corrected chi connectivity index (χ3v) is 6.58. The van der Waals surface area contributed by atoms with Crippen molar-refractivity contribution in [3.05, 3.63) is 100 Å². The molecule has 0 spiro atoms. The second-order valence-corrected chi connectivity index (χ2v) is 8.91. The molecule has 3 aromatic carbocycles. The molecule has 164 valence electrons. The monoisotopic (exact) mass is 454 g/mol. The largest absolute Gasteiger partial charge is 0.294 e. The number of aryl methyl sites for hydroxylation is 1. The Hall–Kier alpha value is -3.71. The molecule has 0 atom stereocenters. The van der Waals surface area contributed by atoms with E-state index in [4.69, 9.17) is 0 Å². The molecular formula is C26H22N4O2S. The number of hydrogen-bond donors (Lipinski definition) is 0. The first-order valence-electron chi connectivity index (χ1n) is 10.8. The first-order chi connectivity index (χ1) is 16.1. The minimum Gasteiger partial charge on any atom is -0.294 e. The van der Waals surface area contributed by atoms with Gasteiger partial charge in [0.2, 0.25) is 5.78 Å². The summed E-state index contributed by atoms with van der Waals surface area (Å²) in [6.45, 7) is 2.01. The zero-order chi connectivity index (χ0) is 22.8. The summed E-state index contributed by atoms with van der Waals surface area (Å²) in [5, 5.41) is 10.1. The summed E-state index contributed by atoms with van der Waals surface area (Å²) in [6, 6.07) is 24.7. The summed E-state index contributed by atoms with van der Waals surface area (Å²) < 4.78 is 3.54. The summed E-state index contributed by atoms with van der Waals surface area (Å²) in [5.74, 6) is 1.34. The van der Waals surface area contributed by atoms with Crippen LogP contribution in [0, 0.1) is 6.92 Å². The normalized spacial score (nSPS) is 11.3. The summed E-state index contributed by atoms with van der Waals surface area (Å²) in [7, 11) is 0. The van der Waals surface area contributed by atoms with Crippen molar-refractivity contribution in [1.29, 1.82) is 0 Å². The molecule has 0 aliphatic rings. The lowest BCUT2D eigenvalue weighted by atomic mass is 10.1. The van der Waals surface area contributed by atoms with Crippen LogP contribution in [0.2, 0.25) is 0 Å². The van der Waals surface area contributed by atoms with Crippen molar-refractivity contribution >= 4 is 34.2 Å². The lowest BCUT2D eigenvalue weighted by molar-refractivity contribution is 0.0982. The maximum absolute atomic E-state index is 13.3. The number of thioether (sulfide) groups is 1. The van der Waals surface area contributed by atoms with Crippen LogP contribution in [0.1, 0.15) is 28.8 Å². The van der Waals surface area contributed by atoms with E-state index in [1.54, 1.807) is 16.3 Å². The van der Waals surface area contributed by atoms with Crippen LogP contribution < -0.4 is 5.56 Å². The molecule has 6 nitrogen and oxygen atoms in total. The maximum Gasteiger partial charge on any atom is 0.267 e. The van der Waals surface area contributed by atoms with Gasteiger partial charge in [0.25, 0.3) is 5.56 Å². The Bertz CT molecular complexity index is 1510. The van der Waals surface area contributed by atoms with E-state index in [9.17, 15) is 9.59 Å². The highest BCUT2D eigenvalue weighted by atomic mass is 32.2. The van der Waals surface area contributed by atoms with Crippen molar-refractivity contribution in [2.45, 2.75) is 24.9 Å². The maximum atomic E-state index is 13.3. The van der Waals surface area contributed by atoms with E-state index in [1.807, 2.05) is 90.2 Å². The topological polar surface area (TPSA) is 69.3 Å². The highest BCUT2D eigenvalue weighted by Gasteiger charge is 2.18. The quantitative estimate of drug-likeness (QED) is 0.194. The van der Waals surface area contributed by atoms with Gasteiger partial charge in [0.05, 0.1) is 16.6 Å². The number of Topliss-reactive ketones (excluding diaryl/α,β-unsaturated/α-hetero) is 1. The Morgan fingerprint density at radius 2 is 1.64 bits per heavy atom. The van der Waals surface area contributed by atoms with E-state index >= 15 is 0 Å². The number of para-hydroxylation sites is 1. The van der Waals surface area contributed by atoms with Gasteiger partial charge in [-0.05, 0) is 37.6 Å². The molecule has 0 saturated heterocycles. The molecule has 0 saturated carbocycles. The highest BCUT2D eigenvalue weighted by molar-refractivity contribution is 7.99. The van der Waals surface area contributed by atoms with Gasteiger partial charge in [0, 0.05) is 17.7 Å². The number of benzene rings is 3. The number of rotatable bonds is 7. The second-order valence-electron chi connectivity index (χ2n) is 7.85. The van der Waals surface area contributed by atoms with Gasteiger partial charge in [-0.15, -0.1) is 10.2 Å². The van der Waals surface area contributed by atoms with E-state index < -0.39 is 0 Å². The van der Waals surface area contributed by atoms with Gasteiger partial charge in [-0.25, -0.2) is 4.57 Å². The molecule has 0 radical (unpaired) electrons. The number of carbonyl (C=O) groups excluding carboxylic acids is 1. The smallest absolute Gasteiger partial charge is 0.267 e. The number of carbonyl (C=O) groups is 1. The van der Waals surface area contributed by atoms with Crippen molar-refractivity contribution in [3.8, 4) is 5.69 Å². The van der Waals surface area contributed by atoms with Gasteiger partial charge >= 0.3 is 0 Å². The average Bonchev–Trinajstić information content (AvgIpc) is 3.27. The fourth-order valence-electron chi connectivity index (χ4n) is 3.86. The summed E-state index contributed by atoms with van der Waals surface area (Å²) >= 11 is 1.54. The van der Waals surface area contributed by atoms with Crippen LogP contribution in [0.4, 0.5) is 0 Å². The Kier molecular flexibility index (Phi) is 5.79. The van der Waals surface area contributed by atoms with Crippen molar-refractivity contribution in [1.82, 2.24) is 19.2 Å². The number of fused-ring (bicyclic) bond motifs is 3. The fraction of sp³-hybridized carbons (Fsp3) is 0.154. The molecule has 0 aliphatic heterocycles. The third kappa shape index (κ3) is 4.07. The molecule has 7 heteroatoms. The molecule has 2 aromatic heterocycles. The first-order valence-corrected chi connectivity index (χ1v) is 11.8. The Morgan fingerprint density at radius 1 is 0.909 bits per heavy atom. The standard InChI is InChI=1S/C26H22N4O2S/c1-18-13-15-20(16-14-18)29-24(32)21-10-5-6-11-22(21)30-25(29)27-28-26(30)33-17-7-12-23(31)19-8-3-2-4-9-19/h2-6,8-11,13-16H,7,12,17H2,1H3. The van der Waals surface area contributed by atoms with Crippen molar-refractivity contribution in [2.75, 3.05) is 5.75 Å². The molecule has 0 fully saturated rings. The predicted octanol–water partition coefficient (Wildman–Crippen LogP) is 5.10. The van der Waals surface area contributed by atoms with E-state index in [2.05, 4.69) is 10.2 Å². The van der Waals surface area contributed by atoms with Crippen molar-refractivity contribution in [2.24, 2.45) is 0 Å². The SMILES string of the molecule is Cc1ccc(-n2c(=O)c3ccccc3n3c(SCCCC(=O)c4ccccc4)nnc23)cc1. The molecule has 0 bridgehead atoms.